The van der Waals surface area contributed by atoms with E-state index in [2.05, 4.69) is 15.3 Å². The van der Waals surface area contributed by atoms with E-state index in [0.29, 0.717) is 6.10 Å². The van der Waals surface area contributed by atoms with Gasteiger partial charge in [0.15, 0.2) is 0 Å². The Kier molecular flexibility index (Phi) is 5.04. The molecular formula is C11H19N3O. The van der Waals surface area contributed by atoms with Gasteiger partial charge in [-0.2, -0.15) is 0 Å². The molecule has 1 N–H and O–H groups in total. The number of hydrogen-bond acceptors (Lipinski definition) is 4. The van der Waals surface area contributed by atoms with Crippen molar-refractivity contribution in [3.63, 3.8) is 0 Å². The first-order valence-electron chi connectivity index (χ1n) is 5.32. The molecule has 0 saturated carbocycles. The number of rotatable bonds is 6. The highest BCUT2D eigenvalue weighted by Gasteiger charge is 1.95. The maximum atomic E-state index is 5.43. The van der Waals surface area contributed by atoms with Crippen molar-refractivity contribution in [2.75, 3.05) is 18.5 Å². The van der Waals surface area contributed by atoms with Gasteiger partial charge in [-0.05, 0) is 27.2 Å². The molecule has 84 valence electrons. The normalized spacial score (nSPS) is 10.7. The van der Waals surface area contributed by atoms with Crippen LogP contribution in [-0.2, 0) is 4.74 Å². The van der Waals surface area contributed by atoms with Crippen LogP contribution in [0, 0.1) is 6.92 Å². The molecule has 1 aromatic rings. The van der Waals surface area contributed by atoms with E-state index in [1.165, 1.54) is 0 Å². The predicted octanol–water partition coefficient (Wildman–Crippen LogP) is 2.01. The van der Waals surface area contributed by atoms with Crippen molar-refractivity contribution in [1.29, 1.82) is 0 Å². The van der Waals surface area contributed by atoms with Crippen LogP contribution in [0.3, 0.4) is 0 Å². The van der Waals surface area contributed by atoms with Crippen LogP contribution in [0.4, 0.5) is 5.82 Å². The zero-order chi connectivity index (χ0) is 11.1. The van der Waals surface area contributed by atoms with Crippen LogP contribution in [0.15, 0.2) is 12.4 Å². The van der Waals surface area contributed by atoms with Crippen molar-refractivity contribution in [2.24, 2.45) is 0 Å². The van der Waals surface area contributed by atoms with Crippen molar-refractivity contribution >= 4 is 5.82 Å². The molecule has 0 fully saturated rings. The summed E-state index contributed by atoms with van der Waals surface area (Å²) in [6, 6.07) is 1.93. The molecule has 0 saturated heterocycles. The van der Waals surface area contributed by atoms with Gasteiger partial charge in [0.2, 0.25) is 0 Å². The molecule has 15 heavy (non-hydrogen) atoms. The van der Waals surface area contributed by atoms with Crippen molar-refractivity contribution < 1.29 is 4.74 Å². The topological polar surface area (TPSA) is 47.0 Å². The van der Waals surface area contributed by atoms with E-state index in [-0.39, 0.29) is 0 Å². The molecule has 1 aromatic heterocycles. The second-order valence-corrected chi connectivity index (χ2v) is 3.74. The molecule has 0 aromatic carbocycles. The number of aromatic nitrogens is 2. The van der Waals surface area contributed by atoms with Gasteiger partial charge in [0.25, 0.3) is 0 Å². The van der Waals surface area contributed by atoms with Gasteiger partial charge < -0.3 is 10.1 Å². The van der Waals surface area contributed by atoms with Crippen molar-refractivity contribution in [1.82, 2.24) is 9.97 Å². The standard InChI is InChI=1S/C11H19N3O/c1-9(2)15-6-4-5-12-11-7-10(3)13-8-14-11/h7-9H,4-6H2,1-3H3,(H,12,13,14). The molecule has 0 unspecified atom stereocenters. The molecule has 4 nitrogen and oxygen atoms in total. The number of nitrogens with zero attached hydrogens (tertiary/aromatic N) is 2. The van der Waals surface area contributed by atoms with Gasteiger partial charge in [-0.15, -0.1) is 0 Å². The first kappa shape index (κ1) is 11.9. The number of aryl methyl sites for hydroxylation is 1. The molecule has 0 radical (unpaired) electrons. The third-order valence-electron chi connectivity index (χ3n) is 1.88. The minimum absolute atomic E-state index is 0.311. The fraction of sp³-hybridized carbons (Fsp3) is 0.636. The largest absolute Gasteiger partial charge is 0.379 e. The fourth-order valence-corrected chi connectivity index (χ4v) is 1.16. The number of ether oxygens (including phenoxy) is 1. The summed E-state index contributed by atoms with van der Waals surface area (Å²) in [4.78, 5) is 8.14. The lowest BCUT2D eigenvalue weighted by Crippen LogP contribution is -2.10. The summed E-state index contributed by atoms with van der Waals surface area (Å²) in [5.41, 5.74) is 0.978. The van der Waals surface area contributed by atoms with E-state index in [0.717, 1.165) is 31.1 Å². The van der Waals surface area contributed by atoms with Gasteiger partial charge in [0, 0.05) is 24.9 Å². The highest BCUT2D eigenvalue weighted by Crippen LogP contribution is 2.02. The fourth-order valence-electron chi connectivity index (χ4n) is 1.16. The summed E-state index contributed by atoms with van der Waals surface area (Å²) in [5.74, 6) is 0.882. The predicted molar refractivity (Wildman–Crippen MR) is 61.0 cm³/mol. The average Bonchev–Trinajstić information content (AvgIpc) is 2.17. The third-order valence-corrected chi connectivity index (χ3v) is 1.88. The lowest BCUT2D eigenvalue weighted by Gasteiger charge is -2.08. The Balaban J connectivity index is 2.15. The Morgan fingerprint density at radius 1 is 1.40 bits per heavy atom. The summed E-state index contributed by atoms with van der Waals surface area (Å²) in [6.45, 7) is 7.70. The quantitative estimate of drug-likeness (QED) is 0.728. The van der Waals surface area contributed by atoms with E-state index in [9.17, 15) is 0 Å². The maximum absolute atomic E-state index is 5.43. The first-order valence-corrected chi connectivity index (χ1v) is 5.32. The molecule has 0 spiro atoms. The number of hydrogen-bond donors (Lipinski definition) is 1. The van der Waals surface area contributed by atoms with Gasteiger partial charge in [0.05, 0.1) is 6.10 Å². The summed E-state index contributed by atoms with van der Waals surface area (Å²) in [7, 11) is 0. The number of anilines is 1. The smallest absolute Gasteiger partial charge is 0.129 e. The van der Waals surface area contributed by atoms with E-state index in [1.54, 1.807) is 6.33 Å². The molecule has 0 amide bonds. The summed E-state index contributed by atoms with van der Waals surface area (Å²) >= 11 is 0. The van der Waals surface area contributed by atoms with Crippen LogP contribution in [0.25, 0.3) is 0 Å². The monoisotopic (exact) mass is 209 g/mol. The highest BCUT2D eigenvalue weighted by molar-refractivity contribution is 5.33. The van der Waals surface area contributed by atoms with Crippen LogP contribution >= 0.6 is 0 Å². The first-order chi connectivity index (χ1) is 7.18. The minimum atomic E-state index is 0.311. The molecule has 0 aliphatic heterocycles. The Labute approximate surface area is 91.1 Å². The SMILES string of the molecule is Cc1cc(NCCCOC(C)C)ncn1. The van der Waals surface area contributed by atoms with E-state index >= 15 is 0 Å². The Hall–Kier alpha value is -1.16. The van der Waals surface area contributed by atoms with Crippen LogP contribution in [-0.4, -0.2) is 29.2 Å². The van der Waals surface area contributed by atoms with Gasteiger partial charge in [0.1, 0.15) is 12.1 Å². The minimum Gasteiger partial charge on any atom is -0.379 e. The van der Waals surface area contributed by atoms with Crippen molar-refractivity contribution in [3.05, 3.63) is 18.1 Å². The molecule has 0 atom stereocenters. The molecule has 1 heterocycles. The van der Waals surface area contributed by atoms with E-state index in [1.807, 2.05) is 26.8 Å². The summed E-state index contributed by atoms with van der Waals surface area (Å²) < 4.78 is 5.43. The van der Waals surface area contributed by atoms with Crippen molar-refractivity contribution in [2.45, 2.75) is 33.3 Å². The summed E-state index contributed by atoms with van der Waals surface area (Å²) in [6.07, 6.45) is 2.87. The summed E-state index contributed by atoms with van der Waals surface area (Å²) in [5, 5.41) is 3.23. The Morgan fingerprint density at radius 2 is 2.20 bits per heavy atom. The molecule has 0 bridgehead atoms. The third kappa shape index (κ3) is 5.32. The number of nitrogens with one attached hydrogen (secondary N) is 1. The maximum Gasteiger partial charge on any atom is 0.129 e. The van der Waals surface area contributed by atoms with Gasteiger partial charge in [-0.25, -0.2) is 9.97 Å². The zero-order valence-electron chi connectivity index (χ0n) is 9.66. The molecule has 0 aliphatic carbocycles. The lowest BCUT2D eigenvalue weighted by molar-refractivity contribution is 0.0787. The lowest BCUT2D eigenvalue weighted by atomic mass is 10.4. The van der Waals surface area contributed by atoms with Gasteiger partial charge in [-0.3, -0.25) is 0 Å². The Morgan fingerprint density at radius 3 is 2.87 bits per heavy atom. The second kappa shape index (κ2) is 6.35. The van der Waals surface area contributed by atoms with Crippen LogP contribution in [0.1, 0.15) is 26.0 Å². The van der Waals surface area contributed by atoms with E-state index in [4.69, 9.17) is 4.74 Å². The average molecular weight is 209 g/mol. The zero-order valence-corrected chi connectivity index (χ0v) is 9.66. The highest BCUT2D eigenvalue weighted by atomic mass is 16.5. The molecule has 4 heteroatoms. The van der Waals surface area contributed by atoms with E-state index < -0.39 is 0 Å². The molecular weight excluding hydrogens is 190 g/mol. The van der Waals surface area contributed by atoms with Crippen molar-refractivity contribution in [3.8, 4) is 0 Å². The second-order valence-electron chi connectivity index (χ2n) is 3.74. The van der Waals surface area contributed by atoms with Crippen LogP contribution < -0.4 is 5.32 Å². The van der Waals surface area contributed by atoms with Crippen LogP contribution in [0.2, 0.25) is 0 Å². The molecule has 1 rings (SSSR count). The van der Waals surface area contributed by atoms with Crippen LogP contribution in [0.5, 0.6) is 0 Å². The van der Waals surface area contributed by atoms with Gasteiger partial charge in [-0.1, -0.05) is 0 Å². The Bertz CT molecular complexity index is 289. The molecule has 0 aliphatic rings. The van der Waals surface area contributed by atoms with Gasteiger partial charge >= 0.3 is 0 Å².